The lowest BCUT2D eigenvalue weighted by molar-refractivity contribution is -0.380. The van der Waals surface area contributed by atoms with Gasteiger partial charge in [-0.25, -0.2) is 4.98 Å². The Morgan fingerprint density at radius 3 is 2.79 bits per heavy atom. The molecular weight excluding hydrogens is 420 g/mol. The third-order valence-electron chi connectivity index (χ3n) is 3.86. The van der Waals surface area contributed by atoms with E-state index in [2.05, 4.69) is 9.97 Å². The first-order chi connectivity index (χ1) is 13.5. The lowest BCUT2D eigenvalue weighted by atomic mass is 10.2. The van der Waals surface area contributed by atoms with Crippen molar-refractivity contribution < 1.29 is 9.72 Å². The number of hydrogen-bond acceptors (Lipinski definition) is 7. The third-order valence-corrected chi connectivity index (χ3v) is 6.16. The number of amides is 1. The molecular formula is C18H11ClN4O3S2. The van der Waals surface area contributed by atoms with E-state index in [1.807, 2.05) is 6.07 Å². The molecule has 3 aromatic heterocycles. The van der Waals surface area contributed by atoms with Crippen molar-refractivity contribution in [2.75, 3.05) is 4.90 Å². The first-order valence-electron chi connectivity index (χ1n) is 8.02. The highest BCUT2D eigenvalue weighted by Crippen LogP contribution is 2.34. The van der Waals surface area contributed by atoms with Crippen molar-refractivity contribution in [3.8, 4) is 0 Å². The highest BCUT2D eigenvalue weighted by molar-refractivity contribution is 7.22. The molecule has 7 nitrogen and oxygen atoms in total. The molecule has 1 aromatic carbocycles. The molecule has 0 aliphatic rings. The highest BCUT2D eigenvalue weighted by Gasteiger charge is 2.25. The van der Waals surface area contributed by atoms with Crippen molar-refractivity contribution >= 4 is 60.5 Å². The number of thiazole rings is 1. The van der Waals surface area contributed by atoms with Crippen LogP contribution in [0.15, 0.2) is 54.9 Å². The molecule has 0 unspecified atom stereocenters. The second-order valence-corrected chi connectivity index (χ2v) is 8.26. The molecule has 28 heavy (non-hydrogen) atoms. The molecule has 0 aliphatic heterocycles. The van der Waals surface area contributed by atoms with Gasteiger partial charge in [-0.15, -0.1) is 0 Å². The Hall–Kier alpha value is -2.88. The largest absolute Gasteiger partial charge is 0.324 e. The lowest BCUT2D eigenvalue weighted by Gasteiger charge is -2.19. The minimum Gasteiger partial charge on any atom is -0.279 e. The van der Waals surface area contributed by atoms with Crippen LogP contribution in [-0.2, 0) is 6.54 Å². The molecule has 1 amide bonds. The van der Waals surface area contributed by atoms with E-state index in [0.29, 0.717) is 10.2 Å². The topological polar surface area (TPSA) is 89.2 Å². The Kier molecular flexibility index (Phi) is 5.03. The lowest BCUT2D eigenvalue weighted by Crippen LogP contribution is -2.29. The SMILES string of the molecule is O=C(c1ccc([N+](=O)[O-])s1)N(Cc1cccnc1)c1nc2ccc(Cl)cc2s1. The van der Waals surface area contributed by atoms with Gasteiger partial charge in [0.1, 0.15) is 0 Å². The number of nitrogens with zero attached hydrogens (tertiary/aromatic N) is 4. The molecule has 3 heterocycles. The number of fused-ring (bicyclic) bond motifs is 1. The van der Waals surface area contributed by atoms with Crippen molar-refractivity contribution in [3.05, 3.63) is 80.4 Å². The minimum absolute atomic E-state index is 0.0826. The number of rotatable bonds is 5. The first kappa shape index (κ1) is 18.5. The highest BCUT2D eigenvalue weighted by atomic mass is 35.5. The van der Waals surface area contributed by atoms with Crippen molar-refractivity contribution in [3.63, 3.8) is 0 Å². The Bertz CT molecular complexity index is 1180. The molecule has 10 heteroatoms. The molecule has 4 rings (SSSR count). The van der Waals surface area contributed by atoms with Gasteiger partial charge in [-0.1, -0.05) is 40.3 Å². The molecule has 0 bridgehead atoms. The predicted molar refractivity (Wildman–Crippen MR) is 110 cm³/mol. The smallest absolute Gasteiger partial charge is 0.279 e. The Balaban J connectivity index is 1.75. The summed E-state index contributed by atoms with van der Waals surface area (Å²) in [6, 6.07) is 11.8. The van der Waals surface area contributed by atoms with Crippen LogP contribution < -0.4 is 4.90 Å². The van der Waals surface area contributed by atoms with Gasteiger partial charge in [0.25, 0.3) is 5.91 Å². The van der Waals surface area contributed by atoms with Gasteiger partial charge in [0.2, 0.25) is 0 Å². The van der Waals surface area contributed by atoms with E-state index >= 15 is 0 Å². The minimum atomic E-state index is -0.507. The molecule has 0 fully saturated rings. The number of carbonyl (C=O) groups excluding carboxylic acids is 1. The second kappa shape index (κ2) is 7.63. The fraction of sp³-hybridized carbons (Fsp3) is 0.0556. The van der Waals surface area contributed by atoms with Gasteiger partial charge in [0.05, 0.1) is 26.6 Å². The van der Waals surface area contributed by atoms with Gasteiger partial charge in [-0.2, -0.15) is 0 Å². The van der Waals surface area contributed by atoms with Crippen LogP contribution in [0.2, 0.25) is 5.02 Å². The maximum absolute atomic E-state index is 13.2. The number of nitro groups is 1. The number of aromatic nitrogens is 2. The van der Waals surface area contributed by atoms with Gasteiger partial charge in [-0.3, -0.25) is 24.8 Å². The van der Waals surface area contributed by atoms with Crippen LogP contribution in [0, 0.1) is 10.1 Å². The van der Waals surface area contributed by atoms with Crippen LogP contribution in [-0.4, -0.2) is 20.8 Å². The van der Waals surface area contributed by atoms with Gasteiger partial charge in [0.15, 0.2) is 5.13 Å². The van der Waals surface area contributed by atoms with Gasteiger partial charge in [0, 0.05) is 23.5 Å². The maximum Gasteiger partial charge on any atom is 0.324 e. The maximum atomic E-state index is 13.2. The van der Waals surface area contributed by atoms with Crippen molar-refractivity contribution in [2.45, 2.75) is 6.54 Å². The number of thiophene rings is 1. The van der Waals surface area contributed by atoms with E-state index in [1.165, 1.54) is 28.4 Å². The van der Waals surface area contributed by atoms with E-state index in [0.717, 1.165) is 27.1 Å². The monoisotopic (exact) mass is 430 g/mol. The van der Waals surface area contributed by atoms with Crippen LogP contribution >= 0.6 is 34.3 Å². The van der Waals surface area contributed by atoms with Crippen LogP contribution in [0.1, 0.15) is 15.2 Å². The van der Waals surface area contributed by atoms with Gasteiger partial charge in [-0.05, 0) is 35.9 Å². The summed E-state index contributed by atoms with van der Waals surface area (Å²) in [5.41, 5.74) is 1.55. The van der Waals surface area contributed by atoms with E-state index in [1.54, 1.807) is 36.7 Å². The average Bonchev–Trinajstić information content (AvgIpc) is 3.33. The zero-order valence-corrected chi connectivity index (χ0v) is 16.5. The molecule has 0 saturated heterocycles. The molecule has 140 valence electrons. The normalized spacial score (nSPS) is 10.9. The molecule has 0 aliphatic carbocycles. The summed E-state index contributed by atoms with van der Waals surface area (Å²) in [7, 11) is 0. The summed E-state index contributed by atoms with van der Waals surface area (Å²) in [6.07, 6.45) is 3.32. The Labute approximate surface area is 172 Å². The summed E-state index contributed by atoms with van der Waals surface area (Å²) in [5, 5.41) is 12.0. The molecule has 4 aromatic rings. The number of halogens is 1. The average molecular weight is 431 g/mol. The zero-order chi connectivity index (χ0) is 19.7. The van der Waals surface area contributed by atoms with Crippen LogP contribution in [0.4, 0.5) is 10.1 Å². The predicted octanol–water partition coefficient (Wildman–Crippen LogP) is 5.16. The number of benzene rings is 1. The fourth-order valence-corrected chi connectivity index (χ4v) is 4.58. The summed E-state index contributed by atoms with van der Waals surface area (Å²) < 4.78 is 0.851. The molecule has 0 radical (unpaired) electrons. The Morgan fingerprint density at radius 1 is 1.21 bits per heavy atom. The summed E-state index contributed by atoms with van der Waals surface area (Å²) in [5.74, 6) is -0.355. The third kappa shape index (κ3) is 3.72. The number of hydrogen-bond donors (Lipinski definition) is 0. The fourth-order valence-electron chi connectivity index (χ4n) is 2.58. The number of pyridine rings is 1. The van der Waals surface area contributed by atoms with Crippen LogP contribution in [0.3, 0.4) is 0 Å². The van der Waals surface area contributed by atoms with Crippen molar-refractivity contribution in [2.24, 2.45) is 0 Å². The van der Waals surface area contributed by atoms with Crippen LogP contribution in [0.25, 0.3) is 10.2 Å². The summed E-state index contributed by atoms with van der Waals surface area (Å²) >= 11 is 8.23. The van der Waals surface area contributed by atoms with Crippen LogP contribution in [0.5, 0.6) is 0 Å². The van der Waals surface area contributed by atoms with E-state index < -0.39 is 4.92 Å². The molecule has 0 saturated carbocycles. The second-order valence-electron chi connectivity index (χ2n) is 5.76. The number of anilines is 1. The first-order valence-corrected chi connectivity index (χ1v) is 10.0. The van der Waals surface area contributed by atoms with Gasteiger partial charge >= 0.3 is 5.00 Å². The summed E-state index contributed by atoms with van der Waals surface area (Å²) in [4.78, 5) is 34.0. The quantitative estimate of drug-likeness (QED) is 0.322. The standard InChI is InChI=1S/C18H11ClN4O3S2/c19-12-3-4-13-15(8-12)28-18(21-13)22(10-11-2-1-7-20-9-11)17(24)14-5-6-16(27-14)23(25)26/h1-9H,10H2. The molecule has 0 spiro atoms. The zero-order valence-electron chi connectivity index (χ0n) is 14.1. The number of carbonyl (C=O) groups is 1. The van der Waals surface area contributed by atoms with Gasteiger partial charge < -0.3 is 0 Å². The van der Waals surface area contributed by atoms with E-state index in [9.17, 15) is 14.9 Å². The van der Waals surface area contributed by atoms with Crippen molar-refractivity contribution in [1.82, 2.24) is 9.97 Å². The van der Waals surface area contributed by atoms with E-state index in [-0.39, 0.29) is 22.3 Å². The Morgan fingerprint density at radius 2 is 2.07 bits per heavy atom. The van der Waals surface area contributed by atoms with Crippen molar-refractivity contribution in [1.29, 1.82) is 0 Å². The summed E-state index contributed by atoms with van der Waals surface area (Å²) in [6.45, 7) is 0.242. The molecule has 0 N–H and O–H groups in total. The van der Waals surface area contributed by atoms with E-state index in [4.69, 9.17) is 11.6 Å². The molecule has 0 atom stereocenters.